The molecule has 1 amide bonds. The molecule has 0 aliphatic carbocycles. The average Bonchev–Trinajstić information content (AvgIpc) is 2.80. The highest BCUT2D eigenvalue weighted by atomic mass is 32.2. The van der Waals surface area contributed by atoms with Gasteiger partial charge in [-0.15, -0.1) is 0 Å². The first-order valence-electron chi connectivity index (χ1n) is 10.2. The van der Waals surface area contributed by atoms with E-state index >= 15 is 0 Å². The first-order valence-corrected chi connectivity index (χ1v) is 11.7. The molecule has 0 atom stereocenters. The van der Waals surface area contributed by atoms with Gasteiger partial charge in [-0.25, -0.2) is 12.8 Å². The Hall–Kier alpha value is -2.69. The van der Waals surface area contributed by atoms with Crippen molar-refractivity contribution < 1.29 is 22.3 Å². The highest BCUT2D eigenvalue weighted by molar-refractivity contribution is 7.92. The monoisotopic (exact) mass is 448 g/mol. The Bertz CT molecular complexity index is 1030. The molecule has 166 valence electrons. The van der Waals surface area contributed by atoms with Crippen LogP contribution in [0.15, 0.2) is 47.4 Å². The molecule has 2 aliphatic rings. The number of anilines is 2. The van der Waals surface area contributed by atoms with E-state index in [0.29, 0.717) is 31.9 Å². The van der Waals surface area contributed by atoms with Gasteiger partial charge in [0, 0.05) is 50.6 Å². The van der Waals surface area contributed by atoms with Crippen molar-refractivity contribution >= 4 is 27.3 Å². The van der Waals surface area contributed by atoms with E-state index in [9.17, 15) is 17.6 Å². The van der Waals surface area contributed by atoms with Gasteiger partial charge in [-0.1, -0.05) is 0 Å². The molecule has 2 aromatic carbocycles. The maximum absolute atomic E-state index is 13.3. The smallest absolute Gasteiger partial charge is 0.261 e. The van der Waals surface area contributed by atoms with Gasteiger partial charge in [-0.2, -0.15) is 0 Å². The number of hydrogen-bond acceptors (Lipinski definition) is 6. The van der Waals surface area contributed by atoms with Crippen LogP contribution in [0.5, 0.6) is 0 Å². The summed E-state index contributed by atoms with van der Waals surface area (Å²) in [6, 6.07) is 9.59. The number of amides is 1. The van der Waals surface area contributed by atoms with E-state index < -0.39 is 15.8 Å². The van der Waals surface area contributed by atoms with Gasteiger partial charge in [0.2, 0.25) is 0 Å². The highest BCUT2D eigenvalue weighted by Crippen LogP contribution is 2.28. The molecule has 2 N–H and O–H groups in total. The highest BCUT2D eigenvalue weighted by Gasteiger charge is 2.25. The van der Waals surface area contributed by atoms with Gasteiger partial charge in [0.1, 0.15) is 5.82 Å². The molecule has 0 saturated carbocycles. The Balaban J connectivity index is 1.65. The third-order valence-corrected chi connectivity index (χ3v) is 6.76. The minimum Gasteiger partial charge on any atom is -0.378 e. The largest absolute Gasteiger partial charge is 0.378 e. The molecule has 2 aliphatic heterocycles. The molecule has 10 heteroatoms. The normalized spacial score (nSPS) is 17.5. The predicted molar refractivity (Wildman–Crippen MR) is 115 cm³/mol. The number of sulfonamides is 1. The quantitative estimate of drug-likeness (QED) is 0.721. The van der Waals surface area contributed by atoms with Crippen LogP contribution in [0.3, 0.4) is 0 Å². The number of hydrogen-bond donors (Lipinski definition) is 2. The van der Waals surface area contributed by atoms with Crippen molar-refractivity contribution in [2.45, 2.75) is 4.90 Å². The van der Waals surface area contributed by atoms with Crippen LogP contribution in [-0.2, 0) is 14.8 Å². The van der Waals surface area contributed by atoms with Crippen LogP contribution in [0.1, 0.15) is 10.4 Å². The number of carbonyl (C=O) groups excluding carboxylic acids is 1. The number of benzene rings is 2. The van der Waals surface area contributed by atoms with E-state index in [2.05, 4.69) is 14.9 Å². The van der Waals surface area contributed by atoms with Crippen molar-refractivity contribution in [2.75, 3.05) is 62.1 Å². The fourth-order valence-electron chi connectivity index (χ4n) is 3.72. The van der Waals surface area contributed by atoms with Crippen molar-refractivity contribution in [3.63, 3.8) is 0 Å². The SMILES string of the molecule is O=C(c1cc(NS(=O)(=O)c2ccc(F)cc2)ccc1N1CCNCC1)N1CCOCC1. The van der Waals surface area contributed by atoms with Crippen LogP contribution in [0.2, 0.25) is 0 Å². The molecule has 4 rings (SSSR count). The maximum Gasteiger partial charge on any atom is 0.261 e. The number of piperazine rings is 1. The summed E-state index contributed by atoms with van der Waals surface area (Å²) in [7, 11) is -3.92. The van der Waals surface area contributed by atoms with Gasteiger partial charge in [-0.3, -0.25) is 9.52 Å². The lowest BCUT2D eigenvalue weighted by Crippen LogP contribution is -2.45. The minimum absolute atomic E-state index is 0.0545. The van der Waals surface area contributed by atoms with Gasteiger partial charge in [-0.05, 0) is 42.5 Å². The Morgan fingerprint density at radius 1 is 1.00 bits per heavy atom. The molecule has 2 fully saturated rings. The summed E-state index contributed by atoms with van der Waals surface area (Å²) in [4.78, 5) is 17.1. The summed E-state index contributed by atoms with van der Waals surface area (Å²) in [5, 5.41) is 3.29. The van der Waals surface area contributed by atoms with E-state index in [4.69, 9.17) is 4.74 Å². The Morgan fingerprint density at radius 2 is 1.68 bits per heavy atom. The molecule has 8 nitrogen and oxygen atoms in total. The zero-order chi connectivity index (χ0) is 21.8. The Morgan fingerprint density at radius 3 is 2.35 bits per heavy atom. The van der Waals surface area contributed by atoms with E-state index in [1.54, 1.807) is 23.1 Å². The maximum atomic E-state index is 13.3. The zero-order valence-electron chi connectivity index (χ0n) is 17.0. The molecule has 2 saturated heterocycles. The first-order chi connectivity index (χ1) is 14.9. The van der Waals surface area contributed by atoms with Crippen LogP contribution >= 0.6 is 0 Å². The lowest BCUT2D eigenvalue weighted by molar-refractivity contribution is 0.0303. The Labute approximate surface area is 181 Å². The molecule has 2 heterocycles. The molecule has 0 spiro atoms. The summed E-state index contributed by atoms with van der Waals surface area (Å²) in [5.41, 5.74) is 1.51. The van der Waals surface area contributed by atoms with Crippen LogP contribution in [0.25, 0.3) is 0 Å². The second-order valence-corrected chi connectivity index (χ2v) is 9.12. The molecule has 2 aromatic rings. The zero-order valence-corrected chi connectivity index (χ0v) is 17.8. The molecule has 0 aromatic heterocycles. The number of rotatable bonds is 5. The van der Waals surface area contributed by atoms with Crippen molar-refractivity contribution in [3.05, 3.63) is 53.8 Å². The van der Waals surface area contributed by atoms with Gasteiger partial charge < -0.3 is 19.9 Å². The van der Waals surface area contributed by atoms with Crippen molar-refractivity contribution in [1.29, 1.82) is 0 Å². The summed E-state index contributed by atoms with van der Waals surface area (Å²) in [6.45, 7) is 5.07. The molecule has 31 heavy (non-hydrogen) atoms. The fraction of sp³-hybridized carbons (Fsp3) is 0.381. The lowest BCUT2D eigenvalue weighted by atomic mass is 10.1. The molecule has 0 unspecified atom stereocenters. The lowest BCUT2D eigenvalue weighted by Gasteiger charge is -2.33. The molecule has 0 radical (unpaired) electrons. The first kappa shape index (κ1) is 21.5. The number of nitrogens with one attached hydrogen (secondary N) is 2. The number of nitrogens with zero attached hydrogens (tertiary/aromatic N) is 2. The van der Waals surface area contributed by atoms with Crippen LogP contribution in [-0.4, -0.2) is 71.7 Å². The van der Waals surface area contributed by atoms with Gasteiger partial charge in [0.25, 0.3) is 15.9 Å². The van der Waals surface area contributed by atoms with Gasteiger partial charge in [0.05, 0.1) is 23.7 Å². The second-order valence-electron chi connectivity index (χ2n) is 7.43. The summed E-state index contributed by atoms with van der Waals surface area (Å²) in [5.74, 6) is -0.669. The summed E-state index contributed by atoms with van der Waals surface area (Å²) < 4.78 is 46.5. The number of ether oxygens (including phenoxy) is 1. The minimum atomic E-state index is -3.92. The van der Waals surface area contributed by atoms with Crippen molar-refractivity contribution in [1.82, 2.24) is 10.2 Å². The molecular formula is C21H25FN4O4S. The third-order valence-electron chi connectivity index (χ3n) is 5.36. The van der Waals surface area contributed by atoms with E-state index in [-0.39, 0.29) is 16.5 Å². The van der Waals surface area contributed by atoms with E-state index in [0.717, 1.165) is 44.0 Å². The standard InChI is InChI=1S/C21H25FN4O4S/c22-16-1-4-18(5-2-16)31(28,29)24-17-3-6-20(25-9-7-23-8-10-25)19(15-17)21(27)26-11-13-30-14-12-26/h1-6,15,23-24H,7-14H2. The predicted octanol–water partition coefficient (Wildman–Crippen LogP) is 1.51. The van der Waals surface area contributed by atoms with Crippen LogP contribution in [0.4, 0.5) is 15.8 Å². The molecule has 0 bridgehead atoms. The van der Waals surface area contributed by atoms with Gasteiger partial charge >= 0.3 is 0 Å². The van der Waals surface area contributed by atoms with Gasteiger partial charge in [0.15, 0.2) is 0 Å². The summed E-state index contributed by atoms with van der Waals surface area (Å²) in [6.07, 6.45) is 0. The summed E-state index contributed by atoms with van der Waals surface area (Å²) >= 11 is 0. The number of morpholine rings is 1. The van der Waals surface area contributed by atoms with Crippen LogP contribution < -0.4 is 14.9 Å². The van der Waals surface area contributed by atoms with Crippen LogP contribution in [0, 0.1) is 5.82 Å². The molecular weight excluding hydrogens is 423 g/mol. The van der Waals surface area contributed by atoms with Crippen molar-refractivity contribution in [3.8, 4) is 0 Å². The van der Waals surface area contributed by atoms with Crippen molar-refractivity contribution in [2.24, 2.45) is 0 Å². The number of carbonyl (C=O) groups is 1. The average molecular weight is 449 g/mol. The Kier molecular flexibility index (Phi) is 6.40. The third kappa shape index (κ3) is 4.97. The topological polar surface area (TPSA) is 91.0 Å². The van der Waals surface area contributed by atoms with E-state index in [1.807, 2.05) is 0 Å². The van der Waals surface area contributed by atoms with E-state index in [1.165, 1.54) is 12.1 Å². The second kappa shape index (κ2) is 9.21. The number of halogens is 1. The fourth-order valence-corrected chi connectivity index (χ4v) is 4.77.